The van der Waals surface area contributed by atoms with Crippen LogP contribution in [0.1, 0.15) is 0 Å². The van der Waals surface area contributed by atoms with Gasteiger partial charge in [-0.2, -0.15) is 0 Å². The Morgan fingerprint density at radius 2 is 0.276 bits per heavy atom. The zero-order chi connectivity index (χ0) is 65.4. The van der Waals surface area contributed by atoms with Gasteiger partial charge in [-0.05, 0) is 228 Å². The molecule has 6 nitrogen and oxygen atoms in total. The fraction of sp³-hybridized carbons (Fsp3) is 0. The normalized spacial score (nSPS) is 11.1. The molecule has 16 aromatic carbocycles. The summed E-state index contributed by atoms with van der Waals surface area (Å²) in [7, 11) is 0. The average Bonchev–Trinajstić information content (AvgIpc) is 1.13. The number of hydrogen-bond donors (Lipinski definition) is 0. The highest BCUT2D eigenvalue weighted by molar-refractivity contribution is 6.01. The molecule has 98 heavy (non-hydrogen) atoms. The summed E-state index contributed by atoms with van der Waals surface area (Å²) >= 11 is 0. The summed E-state index contributed by atoms with van der Waals surface area (Å²) < 4.78 is 0. The van der Waals surface area contributed by atoms with E-state index in [4.69, 9.17) is 0 Å². The van der Waals surface area contributed by atoms with Gasteiger partial charge < -0.3 is 29.4 Å². The standard InChI is InChI=1S/C92H68N6/c1-7-29-73(30-8-1)93(74-31-9-2-10-32-74)79-49-45-69(46-50-79)70-47-51-80(52-48-70)96(85-57-53-81(54-58-85)94(75-33-11-3-12-34-75)83-61-65-87(66-62-83)97(77-37-15-5-16-38-77)91-43-23-27-71-25-19-21-41-89(71)91)86-59-55-82(56-60-86)95(76-35-13-4-14-36-76)84-63-67-88(68-64-84)98(78-39-17-6-18-40-78)92-44-24-28-72-26-20-22-42-90(72)92/h1-68H. The SMILES string of the molecule is c1ccc(N(c2ccccc2)c2ccc(-c3ccc(N(c4ccc(N(c5ccccc5)c5ccc(N(c6ccccc6)c6cccc7ccccc67)cc5)cc4)c4ccc(N(c5ccccc5)c5ccc(N(c6ccccc6)c6cccc7ccccc67)cc5)cc4)cc3)cc2)cc1. The maximum Gasteiger partial charge on any atom is 0.0540 e. The molecule has 0 fully saturated rings. The van der Waals surface area contributed by atoms with E-state index in [0.717, 1.165) is 113 Å². The van der Waals surface area contributed by atoms with Crippen LogP contribution < -0.4 is 29.4 Å². The van der Waals surface area contributed by atoms with Gasteiger partial charge in [0, 0.05) is 102 Å². The number of benzene rings is 16. The zero-order valence-corrected chi connectivity index (χ0v) is 53.9. The lowest BCUT2D eigenvalue weighted by Gasteiger charge is -2.30. The van der Waals surface area contributed by atoms with Crippen LogP contribution in [-0.2, 0) is 0 Å². The first-order valence-electron chi connectivity index (χ1n) is 33.3. The number of fused-ring (bicyclic) bond motifs is 2. The van der Waals surface area contributed by atoms with Crippen molar-refractivity contribution < 1.29 is 0 Å². The first kappa shape index (κ1) is 59.8. The Kier molecular flexibility index (Phi) is 16.7. The third kappa shape index (κ3) is 12.2. The van der Waals surface area contributed by atoms with Gasteiger partial charge in [0.1, 0.15) is 0 Å². The minimum absolute atomic E-state index is 1.02. The number of nitrogens with zero attached hydrogens (tertiary/aromatic N) is 6. The summed E-state index contributed by atoms with van der Waals surface area (Å²) in [6.07, 6.45) is 0. The van der Waals surface area contributed by atoms with Gasteiger partial charge in [-0.25, -0.2) is 0 Å². The van der Waals surface area contributed by atoms with Gasteiger partial charge in [0.2, 0.25) is 0 Å². The summed E-state index contributed by atoms with van der Waals surface area (Å²) in [5.41, 5.74) is 21.4. The minimum Gasteiger partial charge on any atom is -0.311 e. The molecule has 0 amide bonds. The molecular formula is C92H68N6. The van der Waals surface area contributed by atoms with Crippen LogP contribution in [0.4, 0.5) is 102 Å². The van der Waals surface area contributed by atoms with Crippen molar-refractivity contribution in [2.45, 2.75) is 0 Å². The molecule has 0 aromatic heterocycles. The van der Waals surface area contributed by atoms with E-state index in [9.17, 15) is 0 Å². The van der Waals surface area contributed by atoms with Crippen LogP contribution in [0.2, 0.25) is 0 Å². The summed E-state index contributed by atoms with van der Waals surface area (Å²) in [6.45, 7) is 0. The Balaban J connectivity index is 0.758. The van der Waals surface area contributed by atoms with Crippen molar-refractivity contribution in [1.82, 2.24) is 0 Å². The molecule has 0 N–H and O–H groups in total. The van der Waals surface area contributed by atoms with E-state index in [2.05, 4.69) is 442 Å². The fourth-order valence-corrected chi connectivity index (χ4v) is 13.5. The van der Waals surface area contributed by atoms with E-state index in [-0.39, 0.29) is 0 Å². The second kappa shape index (κ2) is 27.4. The third-order valence-electron chi connectivity index (χ3n) is 18.2. The number of rotatable bonds is 19. The van der Waals surface area contributed by atoms with Crippen molar-refractivity contribution in [3.63, 3.8) is 0 Å². The van der Waals surface area contributed by atoms with E-state index in [1.807, 2.05) is 0 Å². The molecule has 0 aliphatic rings. The van der Waals surface area contributed by atoms with Crippen molar-refractivity contribution in [3.8, 4) is 11.1 Å². The van der Waals surface area contributed by atoms with E-state index in [1.54, 1.807) is 0 Å². The van der Waals surface area contributed by atoms with E-state index < -0.39 is 0 Å². The van der Waals surface area contributed by atoms with Crippen molar-refractivity contribution >= 4 is 124 Å². The highest BCUT2D eigenvalue weighted by atomic mass is 15.2. The predicted molar refractivity (Wildman–Crippen MR) is 415 cm³/mol. The smallest absolute Gasteiger partial charge is 0.0540 e. The molecule has 0 aliphatic carbocycles. The largest absolute Gasteiger partial charge is 0.311 e. The van der Waals surface area contributed by atoms with Crippen LogP contribution in [0.25, 0.3) is 32.7 Å². The highest BCUT2D eigenvalue weighted by Gasteiger charge is 2.23. The second-order valence-corrected chi connectivity index (χ2v) is 24.2. The average molecular weight is 1260 g/mol. The van der Waals surface area contributed by atoms with Gasteiger partial charge in [0.05, 0.1) is 11.4 Å². The summed E-state index contributed by atoms with van der Waals surface area (Å²) in [4.78, 5) is 14.0. The Morgan fingerprint density at radius 1 is 0.112 bits per heavy atom. The van der Waals surface area contributed by atoms with Gasteiger partial charge in [-0.1, -0.05) is 206 Å². The van der Waals surface area contributed by atoms with Crippen LogP contribution in [0.15, 0.2) is 413 Å². The first-order chi connectivity index (χ1) is 48.6. The molecule has 0 spiro atoms. The molecule has 16 aromatic rings. The molecule has 466 valence electrons. The molecular weight excluding hydrogens is 1190 g/mol. The van der Waals surface area contributed by atoms with Crippen LogP contribution >= 0.6 is 0 Å². The van der Waals surface area contributed by atoms with E-state index >= 15 is 0 Å². The Hall–Kier alpha value is -13.2. The topological polar surface area (TPSA) is 19.4 Å². The number of hydrogen-bond acceptors (Lipinski definition) is 6. The Labute approximate surface area is 573 Å². The third-order valence-corrected chi connectivity index (χ3v) is 18.2. The van der Waals surface area contributed by atoms with Crippen molar-refractivity contribution in [3.05, 3.63) is 413 Å². The van der Waals surface area contributed by atoms with Gasteiger partial charge in [0.25, 0.3) is 0 Å². The predicted octanol–water partition coefficient (Wildman–Crippen LogP) is 26.5. The summed E-state index contributed by atoms with van der Waals surface area (Å²) in [5, 5.41) is 4.77. The van der Waals surface area contributed by atoms with Crippen LogP contribution in [-0.4, -0.2) is 0 Å². The molecule has 16 rings (SSSR count). The van der Waals surface area contributed by atoms with Crippen LogP contribution in [0.5, 0.6) is 0 Å². The number of anilines is 18. The first-order valence-corrected chi connectivity index (χ1v) is 33.3. The summed E-state index contributed by atoms with van der Waals surface area (Å²) in [6, 6.07) is 148. The monoisotopic (exact) mass is 1260 g/mol. The lowest BCUT2D eigenvalue weighted by molar-refractivity contribution is 1.24. The van der Waals surface area contributed by atoms with Crippen molar-refractivity contribution in [1.29, 1.82) is 0 Å². The van der Waals surface area contributed by atoms with Crippen molar-refractivity contribution in [2.75, 3.05) is 29.4 Å². The lowest BCUT2D eigenvalue weighted by atomic mass is 10.0. The fourth-order valence-electron chi connectivity index (χ4n) is 13.5. The van der Waals surface area contributed by atoms with Crippen LogP contribution in [0.3, 0.4) is 0 Å². The van der Waals surface area contributed by atoms with Gasteiger partial charge in [0.15, 0.2) is 0 Å². The van der Waals surface area contributed by atoms with E-state index in [1.165, 1.54) is 21.5 Å². The second-order valence-electron chi connectivity index (χ2n) is 24.2. The summed E-state index contributed by atoms with van der Waals surface area (Å²) in [5.74, 6) is 0. The molecule has 0 saturated heterocycles. The Morgan fingerprint density at radius 3 is 0.510 bits per heavy atom. The molecule has 0 radical (unpaired) electrons. The maximum atomic E-state index is 2.36. The molecule has 0 atom stereocenters. The number of para-hydroxylation sites is 6. The molecule has 0 aliphatic heterocycles. The molecule has 6 heteroatoms. The van der Waals surface area contributed by atoms with E-state index in [0.29, 0.717) is 0 Å². The van der Waals surface area contributed by atoms with Gasteiger partial charge in [-0.3, -0.25) is 0 Å². The quantitative estimate of drug-likeness (QED) is 0.0798. The van der Waals surface area contributed by atoms with Gasteiger partial charge >= 0.3 is 0 Å². The Bertz CT molecular complexity index is 4980. The molecule has 0 heterocycles. The molecule has 0 saturated carbocycles. The van der Waals surface area contributed by atoms with Gasteiger partial charge in [-0.15, -0.1) is 0 Å². The molecule has 0 unspecified atom stereocenters. The lowest BCUT2D eigenvalue weighted by Crippen LogP contribution is -2.14. The highest BCUT2D eigenvalue weighted by Crippen LogP contribution is 2.46. The minimum atomic E-state index is 1.02. The van der Waals surface area contributed by atoms with Crippen molar-refractivity contribution in [2.24, 2.45) is 0 Å². The van der Waals surface area contributed by atoms with Crippen LogP contribution in [0, 0.1) is 0 Å². The molecule has 0 bridgehead atoms. The maximum absolute atomic E-state index is 2.36. The zero-order valence-electron chi connectivity index (χ0n) is 53.9.